The Morgan fingerprint density at radius 3 is 2.26 bits per heavy atom. The molecule has 2 rings (SSSR count). The predicted molar refractivity (Wildman–Crippen MR) is 128 cm³/mol. The van der Waals surface area contributed by atoms with Crippen LogP contribution in [0.4, 0.5) is 13.6 Å². The second-order valence-electron chi connectivity index (χ2n) is 10.0. The highest BCUT2D eigenvalue weighted by atomic mass is 32.2. The lowest BCUT2D eigenvalue weighted by Gasteiger charge is -2.38. The van der Waals surface area contributed by atoms with Gasteiger partial charge in [0.15, 0.2) is 8.32 Å². The third kappa shape index (κ3) is 5.89. The van der Waals surface area contributed by atoms with E-state index in [1.165, 1.54) is 14.0 Å². The fourth-order valence-electron chi connectivity index (χ4n) is 3.54. The van der Waals surface area contributed by atoms with Gasteiger partial charge in [0, 0.05) is 13.1 Å². The van der Waals surface area contributed by atoms with E-state index in [4.69, 9.17) is 9.16 Å². The van der Waals surface area contributed by atoms with Crippen molar-refractivity contribution in [2.45, 2.75) is 70.4 Å². The Morgan fingerprint density at radius 1 is 1.26 bits per heavy atom. The molecular formula is C22H36F2N2O6SSi. The summed E-state index contributed by atoms with van der Waals surface area (Å²) in [5.74, 6) is -3.51. The minimum Gasteiger partial charge on any atom is -0.497 e. The van der Waals surface area contributed by atoms with Crippen LogP contribution in [0.15, 0.2) is 24.3 Å². The predicted octanol–water partition coefficient (Wildman–Crippen LogP) is 4.23. The summed E-state index contributed by atoms with van der Waals surface area (Å²) in [4.78, 5) is 12.5. The van der Waals surface area contributed by atoms with Crippen LogP contribution < -0.4 is 4.74 Å². The number of amides is 1. The van der Waals surface area contributed by atoms with E-state index in [0.717, 1.165) is 4.31 Å². The summed E-state index contributed by atoms with van der Waals surface area (Å²) in [5, 5.41) is 9.42. The van der Waals surface area contributed by atoms with Crippen LogP contribution in [0.2, 0.25) is 18.1 Å². The molecule has 1 aliphatic heterocycles. The second kappa shape index (κ2) is 10.1. The van der Waals surface area contributed by atoms with Gasteiger partial charge in [-0.25, -0.2) is 22.0 Å². The summed E-state index contributed by atoms with van der Waals surface area (Å²) < 4.78 is 69.2. The number of benzene rings is 1. The van der Waals surface area contributed by atoms with Crippen molar-refractivity contribution in [3.63, 3.8) is 0 Å². The van der Waals surface area contributed by atoms with Crippen LogP contribution >= 0.6 is 0 Å². The van der Waals surface area contributed by atoms with Crippen molar-refractivity contribution in [1.82, 2.24) is 9.21 Å². The van der Waals surface area contributed by atoms with E-state index in [-0.39, 0.29) is 11.6 Å². The standard InChI is InChI=1S/C22H36F2N2O6SSi/c1-8-33(29,30)26(13-16-9-11-17(31-5)12-10-16)18-14-25(20(27)28)19(22(18,23)24)15-32-34(6,7)21(2,3)4/h9-12,18-19H,8,13-15H2,1-7H3,(H,27,28)/t18-,19-/m1/s1. The fraction of sp³-hybridized carbons (Fsp3) is 0.682. The van der Waals surface area contributed by atoms with E-state index in [0.29, 0.717) is 16.2 Å². The highest BCUT2D eigenvalue weighted by Gasteiger charge is 2.62. The van der Waals surface area contributed by atoms with Gasteiger partial charge in [0.05, 0.1) is 19.5 Å². The van der Waals surface area contributed by atoms with Crippen LogP contribution in [-0.2, 0) is 21.0 Å². The Bertz CT molecular complexity index is 967. The maximum absolute atomic E-state index is 15.8. The number of nitrogens with zero attached hydrogens (tertiary/aromatic N) is 2. The van der Waals surface area contributed by atoms with Crippen molar-refractivity contribution in [2.75, 3.05) is 26.0 Å². The Labute approximate surface area is 202 Å². The van der Waals surface area contributed by atoms with Gasteiger partial charge in [-0.15, -0.1) is 0 Å². The number of carbonyl (C=O) groups is 1. The number of hydrogen-bond acceptors (Lipinski definition) is 5. The number of methoxy groups -OCH3 is 1. The molecule has 1 N–H and O–H groups in total. The van der Waals surface area contributed by atoms with Gasteiger partial charge in [-0.3, -0.25) is 4.90 Å². The number of rotatable bonds is 9. The lowest BCUT2D eigenvalue weighted by atomic mass is 10.1. The Kier molecular flexibility index (Phi) is 8.44. The minimum absolute atomic E-state index is 0.264. The second-order valence-corrected chi connectivity index (χ2v) is 17.0. The van der Waals surface area contributed by atoms with Crippen molar-refractivity contribution in [3.8, 4) is 5.75 Å². The molecule has 0 spiro atoms. The lowest BCUT2D eigenvalue weighted by Crippen LogP contribution is -2.54. The van der Waals surface area contributed by atoms with E-state index >= 15 is 8.78 Å². The molecule has 8 nitrogen and oxygen atoms in total. The van der Waals surface area contributed by atoms with Crippen LogP contribution in [0, 0.1) is 0 Å². The molecule has 1 aromatic carbocycles. The molecule has 1 saturated heterocycles. The zero-order chi connectivity index (χ0) is 26.1. The first-order valence-corrected chi connectivity index (χ1v) is 15.6. The summed E-state index contributed by atoms with van der Waals surface area (Å²) in [7, 11) is -5.08. The molecule has 0 saturated carbocycles. The Balaban J connectivity index is 2.43. The lowest BCUT2D eigenvalue weighted by molar-refractivity contribution is -0.0755. The first-order chi connectivity index (χ1) is 15.5. The molecule has 34 heavy (non-hydrogen) atoms. The smallest absolute Gasteiger partial charge is 0.407 e. The fourth-order valence-corrected chi connectivity index (χ4v) is 5.82. The topological polar surface area (TPSA) is 96.4 Å². The summed E-state index contributed by atoms with van der Waals surface area (Å²) >= 11 is 0. The van der Waals surface area contributed by atoms with E-state index in [1.54, 1.807) is 24.3 Å². The number of alkyl halides is 2. The van der Waals surface area contributed by atoms with Crippen molar-refractivity contribution in [2.24, 2.45) is 0 Å². The van der Waals surface area contributed by atoms with E-state index in [2.05, 4.69) is 0 Å². The maximum atomic E-state index is 15.8. The molecule has 0 aromatic heterocycles. The molecule has 0 radical (unpaired) electrons. The first kappa shape index (κ1) is 28.5. The van der Waals surface area contributed by atoms with E-state index in [9.17, 15) is 18.3 Å². The average Bonchev–Trinajstić information content (AvgIpc) is 3.00. The molecular weight excluding hydrogens is 486 g/mol. The monoisotopic (exact) mass is 522 g/mol. The molecule has 194 valence electrons. The number of hydrogen-bond donors (Lipinski definition) is 1. The van der Waals surface area contributed by atoms with Gasteiger partial charge in [0.25, 0.3) is 5.92 Å². The summed E-state index contributed by atoms with van der Waals surface area (Å²) in [6, 6.07) is 2.75. The zero-order valence-corrected chi connectivity index (χ0v) is 22.7. The number of carboxylic acid groups (broad SMARTS) is 1. The largest absolute Gasteiger partial charge is 0.497 e. The number of likely N-dealkylation sites (tertiary alicyclic amines) is 1. The van der Waals surface area contributed by atoms with Gasteiger partial charge < -0.3 is 14.3 Å². The van der Waals surface area contributed by atoms with Gasteiger partial charge in [-0.1, -0.05) is 32.9 Å². The SMILES string of the molecule is CCS(=O)(=O)N(Cc1ccc(OC)cc1)[C@@H]1CN(C(=O)O)[C@H](CO[Si](C)(C)C(C)(C)C)C1(F)F. The molecule has 0 aliphatic carbocycles. The third-order valence-electron chi connectivity index (χ3n) is 6.86. The highest BCUT2D eigenvalue weighted by molar-refractivity contribution is 7.89. The molecule has 1 amide bonds. The highest BCUT2D eigenvalue weighted by Crippen LogP contribution is 2.42. The Morgan fingerprint density at radius 2 is 1.82 bits per heavy atom. The van der Waals surface area contributed by atoms with Gasteiger partial charge in [-0.2, -0.15) is 4.31 Å². The average molecular weight is 523 g/mol. The molecule has 1 fully saturated rings. The quantitative estimate of drug-likeness (QED) is 0.488. The van der Waals surface area contributed by atoms with E-state index < -0.39 is 61.3 Å². The summed E-state index contributed by atoms with van der Waals surface area (Å²) in [6.45, 7) is 9.54. The first-order valence-electron chi connectivity index (χ1n) is 11.1. The molecule has 0 bridgehead atoms. The van der Waals surface area contributed by atoms with Crippen molar-refractivity contribution >= 4 is 24.4 Å². The maximum Gasteiger partial charge on any atom is 0.407 e. The molecule has 1 heterocycles. The number of halogens is 2. The molecule has 0 unspecified atom stereocenters. The molecule has 1 aromatic rings. The molecule has 1 aliphatic rings. The van der Waals surface area contributed by atoms with Crippen LogP contribution in [0.3, 0.4) is 0 Å². The van der Waals surface area contributed by atoms with Gasteiger partial charge in [0.1, 0.15) is 17.8 Å². The van der Waals surface area contributed by atoms with Crippen LogP contribution in [-0.4, -0.2) is 81.2 Å². The Hall–Kier alpha value is -1.76. The van der Waals surface area contributed by atoms with Crippen LogP contribution in [0.25, 0.3) is 0 Å². The van der Waals surface area contributed by atoms with Crippen molar-refractivity contribution in [1.29, 1.82) is 0 Å². The summed E-state index contributed by atoms with van der Waals surface area (Å²) in [5.41, 5.74) is 0.483. The minimum atomic E-state index is -4.10. The van der Waals surface area contributed by atoms with Crippen molar-refractivity contribution in [3.05, 3.63) is 29.8 Å². The van der Waals surface area contributed by atoms with Crippen LogP contribution in [0.1, 0.15) is 33.3 Å². The molecule has 2 atom stereocenters. The van der Waals surface area contributed by atoms with Gasteiger partial charge >= 0.3 is 6.09 Å². The number of ether oxygens (including phenoxy) is 1. The van der Waals surface area contributed by atoms with E-state index in [1.807, 2.05) is 33.9 Å². The van der Waals surface area contributed by atoms with Crippen molar-refractivity contribution < 1.29 is 36.3 Å². The molecule has 12 heteroatoms. The third-order valence-corrected chi connectivity index (χ3v) is 13.2. The normalized spacial score (nSPS) is 21.2. The zero-order valence-electron chi connectivity index (χ0n) is 20.8. The summed E-state index contributed by atoms with van der Waals surface area (Å²) in [6.07, 6.45) is -1.54. The van der Waals surface area contributed by atoms with Gasteiger partial charge in [0.2, 0.25) is 10.0 Å². The van der Waals surface area contributed by atoms with Crippen LogP contribution in [0.5, 0.6) is 5.75 Å². The van der Waals surface area contributed by atoms with Gasteiger partial charge in [-0.05, 0) is 42.8 Å². The number of sulfonamides is 1.